The van der Waals surface area contributed by atoms with E-state index >= 15 is 0 Å². The largest absolute Gasteiger partial charge is 0.432 e. The van der Waals surface area contributed by atoms with E-state index in [1.165, 1.54) is 6.33 Å². The first kappa shape index (κ1) is 18.7. The first-order chi connectivity index (χ1) is 13.3. The number of aliphatic hydroxyl groups is 1. The molecule has 4 rings (SSSR count). The second-order valence-electron chi connectivity index (χ2n) is 7.43. The first-order valence-electron chi connectivity index (χ1n) is 9.01. The lowest BCUT2D eigenvalue weighted by Gasteiger charge is -2.18. The van der Waals surface area contributed by atoms with Gasteiger partial charge in [0.15, 0.2) is 11.4 Å². The molecule has 0 radical (unpaired) electrons. The monoisotopic (exact) mass is 396 g/mol. The summed E-state index contributed by atoms with van der Waals surface area (Å²) in [5.41, 5.74) is 4.45. The van der Waals surface area contributed by atoms with Gasteiger partial charge in [0.1, 0.15) is 11.8 Å². The zero-order valence-electron chi connectivity index (χ0n) is 16.2. The van der Waals surface area contributed by atoms with Crippen molar-refractivity contribution in [3.8, 4) is 0 Å². The maximum Gasteiger partial charge on any atom is 0.229 e. The number of anilines is 1. The van der Waals surface area contributed by atoms with Crippen molar-refractivity contribution < 1.29 is 9.52 Å². The predicted molar refractivity (Wildman–Crippen MR) is 111 cm³/mol. The van der Waals surface area contributed by atoms with Crippen LogP contribution in [0, 0.1) is 13.8 Å². The lowest BCUT2D eigenvalue weighted by atomic mass is 9.97. The molecule has 0 atom stereocenters. The van der Waals surface area contributed by atoms with Gasteiger partial charge in [0.05, 0.1) is 21.7 Å². The van der Waals surface area contributed by atoms with Crippen LogP contribution in [-0.4, -0.2) is 20.1 Å². The summed E-state index contributed by atoms with van der Waals surface area (Å²) in [4.78, 5) is 13.2. The molecule has 0 aliphatic carbocycles. The number of rotatable bonds is 4. The molecule has 0 saturated carbocycles. The van der Waals surface area contributed by atoms with E-state index < -0.39 is 5.60 Å². The Labute approximate surface area is 167 Å². The van der Waals surface area contributed by atoms with E-state index in [1.807, 2.05) is 38.1 Å². The lowest BCUT2D eigenvalue weighted by molar-refractivity contribution is 0.0786. The van der Waals surface area contributed by atoms with Crippen molar-refractivity contribution in [1.29, 1.82) is 0 Å². The number of nitrogens with one attached hydrogen (secondary N) is 1. The summed E-state index contributed by atoms with van der Waals surface area (Å²) in [6, 6.07) is 7.80. The number of nitrogens with zero attached hydrogens (tertiary/aromatic N) is 3. The molecule has 1 aromatic carbocycles. The molecule has 2 N–H and O–H groups in total. The molecule has 0 unspecified atom stereocenters. The fraction of sp³-hybridized carbons (Fsp3) is 0.286. The Bertz CT molecular complexity index is 1180. The van der Waals surface area contributed by atoms with Crippen molar-refractivity contribution in [2.75, 3.05) is 5.32 Å². The standard InChI is InChI=1S/C21H21ClN4O2/c1-11-15-17-18(28-20(15)26-12(2)16(11)22)19(25-10-24-17)23-9-13-5-7-14(8-6-13)21(3,4)27/h5-8,10,27H,9H2,1-4H3,(H,23,24,25). The van der Waals surface area contributed by atoms with E-state index in [9.17, 15) is 5.11 Å². The average molecular weight is 397 g/mol. The molecule has 0 amide bonds. The third kappa shape index (κ3) is 3.19. The van der Waals surface area contributed by atoms with Gasteiger partial charge >= 0.3 is 0 Å². The van der Waals surface area contributed by atoms with Crippen LogP contribution in [0.15, 0.2) is 35.0 Å². The molecule has 144 valence electrons. The van der Waals surface area contributed by atoms with Gasteiger partial charge < -0.3 is 14.8 Å². The highest BCUT2D eigenvalue weighted by Crippen LogP contribution is 2.35. The minimum atomic E-state index is -0.858. The normalized spacial score (nSPS) is 12.1. The zero-order valence-corrected chi connectivity index (χ0v) is 16.9. The van der Waals surface area contributed by atoms with Crippen LogP contribution in [0.2, 0.25) is 5.02 Å². The van der Waals surface area contributed by atoms with Crippen LogP contribution in [0.5, 0.6) is 0 Å². The molecule has 0 spiro atoms. The van der Waals surface area contributed by atoms with Crippen molar-refractivity contribution in [2.45, 2.75) is 39.8 Å². The molecular formula is C21H21ClN4O2. The Morgan fingerprint density at radius 3 is 2.54 bits per heavy atom. The maximum absolute atomic E-state index is 10.1. The number of aryl methyl sites for hydroxylation is 2. The molecule has 0 saturated heterocycles. The average Bonchev–Trinajstić information content (AvgIpc) is 3.03. The zero-order chi connectivity index (χ0) is 20.1. The molecule has 3 heterocycles. The van der Waals surface area contributed by atoms with Gasteiger partial charge in [0.25, 0.3) is 0 Å². The van der Waals surface area contributed by atoms with Crippen LogP contribution in [-0.2, 0) is 12.1 Å². The molecule has 4 aromatic rings. The number of aromatic nitrogens is 3. The van der Waals surface area contributed by atoms with Crippen LogP contribution in [0.1, 0.15) is 36.2 Å². The van der Waals surface area contributed by atoms with Crippen molar-refractivity contribution in [2.24, 2.45) is 0 Å². The molecular weight excluding hydrogens is 376 g/mol. The smallest absolute Gasteiger partial charge is 0.229 e. The number of fused-ring (bicyclic) bond motifs is 3. The van der Waals surface area contributed by atoms with E-state index in [0.29, 0.717) is 34.2 Å². The number of pyridine rings is 1. The van der Waals surface area contributed by atoms with E-state index in [0.717, 1.165) is 27.8 Å². The molecule has 7 heteroatoms. The molecule has 3 aromatic heterocycles. The van der Waals surface area contributed by atoms with Crippen LogP contribution in [0.4, 0.5) is 5.82 Å². The molecule has 28 heavy (non-hydrogen) atoms. The summed E-state index contributed by atoms with van der Waals surface area (Å²) >= 11 is 6.36. The highest BCUT2D eigenvalue weighted by molar-refractivity contribution is 6.33. The molecule has 0 bridgehead atoms. The maximum atomic E-state index is 10.1. The van der Waals surface area contributed by atoms with E-state index in [4.69, 9.17) is 16.0 Å². The van der Waals surface area contributed by atoms with Crippen LogP contribution < -0.4 is 5.32 Å². The van der Waals surface area contributed by atoms with Gasteiger partial charge in [0.2, 0.25) is 5.71 Å². The fourth-order valence-corrected chi connectivity index (χ4v) is 3.38. The van der Waals surface area contributed by atoms with Gasteiger partial charge in [-0.05, 0) is 44.4 Å². The van der Waals surface area contributed by atoms with Crippen molar-refractivity contribution in [1.82, 2.24) is 15.0 Å². The summed E-state index contributed by atoms with van der Waals surface area (Å²) in [5.74, 6) is 0.600. The third-order valence-electron chi connectivity index (χ3n) is 4.86. The first-order valence-corrected chi connectivity index (χ1v) is 9.39. The summed E-state index contributed by atoms with van der Waals surface area (Å²) in [7, 11) is 0. The molecule has 0 aliphatic rings. The second-order valence-corrected chi connectivity index (χ2v) is 7.81. The topological polar surface area (TPSA) is 84.1 Å². The lowest BCUT2D eigenvalue weighted by Crippen LogP contribution is -2.15. The van der Waals surface area contributed by atoms with Crippen LogP contribution >= 0.6 is 11.6 Å². The third-order valence-corrected chi connectivity index (χ3v) is 5.42. The Morgan fingerprint density at radius 2 is 1.86 bits per heavy atom. The van der Waals surface area contributed by atoms with Gasteiger partial charge in [-0.25, -0.2) is 15.0 Å². The highest BCUT2D eigenvalue weighted by atomic mass is 35.5. The van der Waals surface area contributed by atoms with Crippen LogP contribution in [0.25, 0.3) is 22.2 Å². The van der Waals surface area contributed by atoms with Crippen molar-refractivity contribution in [3.05, 3.63) is 58.0 Å². The summed E-state index contributed by atoms with van der Waals surface area (Å²) in [6.07, 6.45) is 1.50. The highest BCUT2D eigenvalue weighted by Gasteiger charge is 2.19. The summed E-state index contributed by atoms with van der Waals surface area (Å²) in [6.45, 7) is 7.88. The number of hydrogen-bond donors (Lipinski definition) is 2. The second kappa shape index (κ2) is 6.72. The predicted octanol–water partition coefficient (Wildman–Crippen LogP) is 4.88. The Balaban J connectivity index is 1.68. The van der Waals surface area contributed by atoms with Crippen LogP contribution in [0.3, 0.4) is 0 Å². The minimum Gasteiger partial charge on any atom is -0.432 e. The van der Waals surface area contributed by atoms with Gasteiger partial charge in [-0.3, -0.25) is 0 Å². The Kier molecular flexibility index (Phi) is 4.48. The Hall–Kier alpha value is -2.70. The Morgan fingerprint density at radius 1 is 1.14 bits per heavy atom. The summed E-state index contributed by atoms with van der Waals surface area (Å²) < 4.78 is 5.96. The van der Waals surface area contributed by atoms with Gasteiger partial charge in [-0.15, -0.1) is 0 Å². The summed E-state index contributed by atoms with van der Waals surface area (Å²) in [5, 5.41) is 14.8. The van der Waals surface area contributed by atoms with E-state index in [-0.39, 0.29) is 0 Å². The molecule has 0 aliphatic heterocycles. The van der Waals surface area contributed by atoms with Gasteiger partial charge in [-0.2, -0.15) is 0 Å². The number of furan rings is 1. The van der Waals surface area contributed by atoms with Crippen molar-refractivity contribution >= 4 is 39.6 Å². The number of hydrogen-bond acceptors (Lipinski definition) is 6. The minimum absolute atomic E-state index is 0.507. The quantitative estimate of drug-likeness (QED) is 0.511. The number of benzene rings is 1. The molecule has 0 fully saturated rings. The SMILES string of the molecule is Cc1nc2oc3c(NCc4ccc(C(C)(C)O)cc4)ncnc3c2c(C)c1Cl. The fourth-order valence-electron chi connectivity index (χ4n) is 3.24. The van der Waals surface area contributed by atoms with E-state index in [1.54, 1.807) is 13.8 Å². The van der Waals surface area contributed by atoms with Crippen molar-refractivity contribution in [3.63, 3.8) is 0 Å². The molecule has 6 nitrogen and oxygen atoms in total. The van der Waals surface area contributed by atoms with Gasteiger partial charge in [0, 0.05) is 6.54 Å². The number of halogens is 1. The van der Waals surface area contributed by atoms with Gasteiger partial charge in [-0.1, -0.05) is 35.9 Å². The van der Waals surface area contributed by atoms with E-state index in [2.05, 4.69) is 20.3 Å².